The summed E-state index contributed by atoms with van der Waals surface area (Å²) in [7, 11) is 0. The van der Waals surface area contributed by atoms with Crippen LogP contribution in [0.1, 0.15) is 16.1 Å². The number of benzene rings is 2. The molecule has 0 aliphatic rings. The third-order valence-corrected chi connectivity index (χ3v) is 5.22. The molecule has 3 heterocycles. The van der Waals surface area contributed by atoms with Gasteiger partial charge in [0.25, 0.3) is 5.91 Å². The minimum Gasteiger partial charge on any atom is -0.381 e. The Bertz CT molecular complexity index is 1510. The van der Waals surface area contributed by atoms with Gasteiger partial charge in [0.05, 0.1) is 16.9 Å². The fraction of sp³-hybridized carbons (Fsp3) is 0.0435. The third-order valence-electron chi connectivity index (χ3n) is 5.22. The molecule has 3 aromatic heterocycles. The predicted octanol–water partition coefficient (Wildman–Crippen LogP) is 3.74. The molecule has 1 amide bonds. The van der Waals surface area contributed by atoms with Crippen molar-refractivity contribution < 1.29 is 9.18 Å². The predicted molar refractivity (Wildman–Crippen MR) is 117 cm³/mol. The van der Waals surface area contributed by atoms with Gasteiger partial charge in [-0.05, 0) is 42.8 Å². The van der Waals surface area contributed by atoms with Crippen LogP contribution in [-0.2, 0) is 0 Å². The van der Waals surface area contributed by atoms with Crippen molar-refractivity contribution in [2.24, 2.45) is 5.73 Å². The Morgan fingerprint density at radius 3 is 2.68 bits per heavy atom. The summed E-state index contributed by atoms with van der Waals surface area (Å²) in [6.07, 6.45) is 3.28. The standard InChI is InChI=1S/C23H17FN6O/c1-12-7-8-27-17-6-5-14(10-16(12)17)20-19(13-3-2-4-15(24)9-13)29-21(25)23-28-18(22(26)31)11-30(20)23/h2-11H,1H3,(H2,25,29)(H2,26,31). The van der Waals surface area contributed by atoms with Crippen LogP contribution in [-0.4, -0.2) is 25.3 Å². The summed E-state index contributed by atoms with van der Waals surface area (Å²) in [6, 6.07) is 13.8. The molecule has 0 saturated carbocycles. The van der Waals surface area contributed by atoms with Crippen LogP contribution in [0.5, 0.6) is 0 Å². The molecule has 5 aromatic rings. The van der Waals surface area contributed by atoms with Crippen LogP contribution >= 0.6 is 0 Å². The number of pyridine rings is 1. The van der Waals surface area contributed by atoms with Gasteiger partial charge < -0.3 is 11.5 Å². The van der Waals surface area contributed by atoms with Gasteiger partial charge in [-0.2, -0.15) is 0 Å². The number of aromatic nitrogens is 4. The number of rotatable bonds is 3. The fourth-order valence-corrected chi connectivity index (χ4v) is 3.73. The molecule has 152 valence electrons. The second-order valence-electron chi connectivity index (χ2n) is 7.25. The number of carbonyl (C=O) groups excluding carboxylic acids is 1. The summed E-state index contributed by atoms with van der Waals surface area (Å²) in [5.41, 5.74) is 16.3. The van der Waals surface area contributed by atoms with Crippen molar-refractivity contribution in [3.63, 3.8) is 0 Å². The number of anilines is 1. The van der Waals surface area contributed by atoms with E-state index in [4.69, 9.17) is 11.5 Å². The summed E-state index contributed by atoms with van der Waals surface area (Å²) < 4.78 is 15.7. The van der Waals surface area contributed by atoms with Crippen molar-refractivity contribution in [1.29, 1.82) is 0 Å². The van der Waals surface area contributed by atoms with Crippen molar-refractivity contribution in [3.05, 3.63) is 78.0 Å². The maximum Gasteiger partial charge on any atom is 0.268 e. The number of nitrogens with zero attached hydrogens (tertiary/aromatic N) is 4. The summed E-state index contributed by atoms with van der Waals surface area (Å²) in [4.78, 5) is 25.0. The highest BCUT2D eigenvalue weighted by Gasteiger charge is 2.20. The highest BCUT2D eigenvalue weighted by molar-refractivity contribution is 5.94. The number of aryl methyl sites for hydroxylation is 1. The lowest BCUT2D eigenvalue weighted by molar-refractivity contribution is 0.0996. The molecule has 2 aromatic carbocycles. The molecule has 7 nitrogen and oxygen atoms in total. The average Bonchev–Trinajstić information content (AvgIpc) is 3.20. The van der Waals surface area contributed by atoms with Crippen LogP contribution in [0.3, 0.4) is 0 Å². The lowest BCUT2D eigenvalue weighted by Gasteiger charge is -2.14. The summed E-state index contributed by atoms with van der Waals surface area (Å²) in [5, 5.41) is 0.963. The molecule has 0 fully saturated rings. The van der Waals surface area contributed by atoms with Gasteiger partial charge >= 0.3 is 0 Å². The largest absolute Gasteiger partial charge is 0.381 e. The highest BCUT2D eigenvalue weighted by atomic mass is 19.1. The normalized spacial score (nSPS) is 11.3. The number of imidazole rings is 1. The Morgan fingerprint density at radius 2 is 1.90 bits per heavy atom. The molecule has 0 unspecified atom stereocenters. The molecule has 4 N–H and O–H groups in total. The average molecular weight is 412 g/mol. The second kappa shape index (κ2) is 6.88. The monoisotopic (exact) mass is 412 g/mol. The molecule has 0 aliphatic heterocycles. The molecular formula is C23H17FN6O. The van der Waals surface area contributed by atoms with E-state index >= 15 is 0 Å². The SMILES string of the molecule is Cc1ccnc2ccc(-c3c(-c4cccc(F)c4)nc(N)c4nc(C(N)=O)cn34)cc12. The van der Waals surface area contributed by atoms with Crippen molar-refractivity contribution in [2.75, 3.05) is 5.73 Å². The third kappa shape index (κ3) is 3.05. The first kappa shape index (κ1) is 18.7. The van der Waals surface area contributed by atoms with Gasteiger partial charge in [0.15, 0.2) is 11.5 Å². The Hall–Kier alpha value is -4.33. The Kier molecular flexibility index (Phi) is 4.14. The number of fused-ring (bicyclic) bond motifs is 2. The Balaban J connectivity index is 1.91. The topological polar surface area (TPSA) is 112 Å². The van der Waals surface area contributed by atoms with Crippen LogP contribution in [0.2, 0.25) is 0 Å². The van der Waals surface area contributed by atoms with E-state index in [1.165, 1.54) is 18.3 Å². The van der Waals surface area contributed by atoms with Crippen LogP contribution in [0.4, 0.5) is 10.2 Å². The van der Waals surface area contributed by atoms with Crippen LogP contribution in [0.25, 0.3) is 39.1 Å². The summed E-state index contributed by atoms with van der Waals surface area (Å²) in [5.74, 6) is -0.972. The van der Waals surface area contributed by atoms with E-state index in [0.29, 0.717) is 22.6 Å². The minimum absolute atomic E-state index is 0.0600. The molecule has 5 rings (SSSR count). The van der Waals surface area contributed by atoms with Gasteiger partial charge in [0.1, 0.15) is 11.5 Å². The molecule has 8 heteroatoms. The van der Waals surface area contributed by atoms with E-state index < -0.39 is 11.7 Å². The van der Waals surface area contributed by atoms with Gasteiger partial charge in [0, 0.05) is 28.9 Å². The number of amides is 1. The van der Waals surface area contributed by atoms with Crippen LogP contribution in [0, 0.1) is 12.7 Å². The van der Waals surface area contributed by atoms with Gasteiger partial charge in [-0.15, -0.1) is 0 Å². The number of primary amides is 1. The van der Waals surface area contributed by atoms with Crippen LogP contribution in [0.15, 0.2) is 60.9 Å². The molecule has 31 heavy (non-hydrogen) atoms. The Morgan fingerprint density at radius 1 is 1.06 bits per heavy atom. The lowest BCUT2D eigenvalue weighted by Crippen LogP contribution is -2.10. The van der Waals surface area contributed by atoms with Crippen molar-refractivity contribution in [3.8, 4) is 22.5 Å². The van der Waals surface area contributed by atoms with E-state index in [1.54, 1.807) is 22.7 Å². The number of carbonyl (C=O) groups is 1. The summed E-state index contributed by atoms with van der Waals surface area (Å²) in [6.45, 7) is 2.00. The second-order valence-corrected chi connectivity index (χ2v) is 7.25. The van der Waals surface area contributed by atoms with E-state index in [0.717, 1.165) is 22.0 Å². The smallest absolute Gasteiger partial charge is 0.268 e. The Labute approximate surface area is 176 Å². The van der Waals surface area contributed by atoms with Gasteiger partial charge in [-0.25, -0.2) is 14.4 Å². The van der Waals surface area contributed by atoms with E-state index in [9.17, 15) is 9.18 Å². The fourth-order valence-electron chi connectivity index (χ4n) is 3.73. The first-order valence-corrected chi connectivity index (χ1v) is 9.52. The number of nitrogens with two attached hydrogens (primary N) is 2. The molecule has 0 radical (unpaired) electrons. The van der Waals surface area contributed by atoms with Crippen molar-refractivity contribution in [2.45, 2.75) is 6.92 Å². The number of nitrogen functional groups attached to an aromatic ring is 1. The molecule has 0 aliphatic carbocycles. The molecule has 0 spiro atoms. The molecule has 0 saturated heterocycles. The van der Waals surface area contributed by atoms with Gasteiger partial charge in [-0.3, -0.25) is 14.2 Å². The van der Waals surface area contributed by atoms with Crippen molar-refractivity contribution in [1.82, 2.24) is 19.4 Å². The highest BCUT2D eigenvalue weighted by Crippen LogP contribution is 2.35. The van der Waals surface area contributed by atoms with Gasteiger partial charge in [0.2, 0.25) is 0 Å². The van der Waals surface area contributed by atoms with E-state index in [1.807, 2.05) is 31.2 Å². The first-order valence-electron chi connectivity index (χ1n) is 9.52. The molecule has 0 bridgehead atoms. The number of hydrogen-bond acceptors (Lipinski definition) is 5. The molecule has 0 atom stereocenters. The maximum atomic E-state index is 14.0. The zero-order valence-corrected chi connectivity index (χ0v) is 16.5. The van der Waals surface area contributed by atoms with E-state index in [-0.39, 0.29) is 11.5 Å². The quantitative estimate of drug-likeness (QED) is 0.469. The first-order chi connectivity index (χ1) is 14.9. The lowest BCUT2D eigenvalue weighted by atomic mass is 10.0. The zero-order valence-electron chi connectivity index (χ0n) is 16.5. The van der Waals surface area contributed by atoms with E-state index in [2.05, 4.69) is 15.0 Å². The number of halogens is 1. The molecular weight excluding hydrogens is 395 g/mol. The minimum atomic E-state index is -0.681. The summed E-state index contributed by atoms with van der Waals surface area (Å²) >= 11 is 0. The number of hydrogen-bond donors (Lipinski definition) is 2. The van der Waals surface area contributed by atoms with Gasteiger partial charge in [-0.1, -0.05) is 18.2 Å². The van der Waals surface area contributed by atoms with Crippen molar-refractivity contribution >= 4 is 28.3 Å². The zero-order chi connectivity index (χ0) is 21.7. The van der Waals surface area contributed by atoms with Crippen LogP contribution < -0.4 is 11.5 Å². The maximum absolute atomic E-state index is 14.0.